The van der Waals surface area contributed by atoms with E-state index >= 15 is 0 Å². The number of hydrogen-bond acceptors (Lipinski definition) is 4. The number of piperidine rings is 1. The fourth-order valence-electron chi connectivity index (χ4n) is 3.77. The minimum Gasteiger partial charge on any atom is -0.394 e. The first-order chi connectivity index (χ1) is 9.83. The van der Waals surface area contributed by atoms with Crippen LogP contribution in [0.25, 0.3) is 0 Å². The molecule has 2 aliphatic rings. The predicted octanol–water partition coefficient (Wildman–Crippen LogP) is 1.63. The summed E-state index contributed by atoms with van der Waals surface area (Å²) in [6.07, 6.45) is 8.16. The standard InChI is InChI=1S/C16H32N2O2/c1-2-17-16-6-4-3-5-14(16)13-18-9-7-15(8-10-18)20-12-11-19/h14-17,19H,2-13H2,1H3. The molecular formula is C16H32N2O2. The molecule has 0 amide bonds. The van der Waals surface area contributed by atoms with Crippen LogP contribution in [0.5, 0.6) is 0 Å². The third-order valence-electron chi connectivity index (χ3n) is 4.85. The molecule has 4 nitrogen and oxygen atoms in total. The molecule has 0 bridgehead atoms. The maximum Gasteiger partial charge on any atom is 0.0701 e. The topological polar surface area (TPSA) is 44.7 Å². The van der Waals surface area contributed by atoms with Gasteiger partial charge in [0.1, 0.15) is 0 Å². The van der Waals surface area contributed by atoms with E-state index in [1.54, 1.807) is 0 Å². The summed E-state index contributed by atoms with van der Waals surface area (Å²) < 4.78 is 5.64. The molecule has 1 aliphatic carbocycles. The van der Waals surface area contributed by atoms with E-state index in [4.69, 9.17) is 9.84 Å². The molecule has 1 heterocycles. The highest BCUT2D eigenvalue weighted by atomic mass is 16.5. The second kappa shape index (κ2) is 8.98. The van der Waals surface area contributed by atoms with Crippen molar-refractivity contribution < 1.29 is 9.84 Å². The molecule has 0 aromatic rings. The average molecular weight is 284 g/mol. The van der Waals surface area contributed by atoms with Crippen molar-refractivity contribution in [3.8, 4) is 0 Å². The van der Waals surface area contributed by atoms with Crippen molar-refractivity contribution in [2.24, 2.45) is 5.92 Å². The highest BCUT2D eigenvalue weighted by molar-refractivity contribution is 4.84. The van der Waals surface area contributed by atoms with Gasteiger partial charge >= 0.3 is 0 Å². The molecule has 0 aromatic heterocycles. The Kier molecular flexibility index (Phi) is 7.28. The molecule has 0 spiro atoms. The van der Waals surface area contributed by atoms with Gasteiger partial charge in [-0.2, -0.15) is 0 Å². The number of ether oxygens (including phenoxy) is 1. The summed E-state index contributed by atoms with van der Waals surface area (Å²) in [6, 6.07) is 0.733. The Morgan fingerprint density at radius 2 is 1.90 bits per heavy atom. The van der Waals surface area contributed by atoms with E-state index in [9.17, 15) is 0 Å². The zero-order valence-corrected chi connectivity index (χ0v) is 13.0. The van der Waals surface area contributed by atoms with Crippen LogP contribution < -0.4 is 5.32 Å². The maximum atomic E-state index is 8.80. The summed E-state index contributed by atoms with van der Waals surface area (Å²) in [4.78, 5) is 2.62. The van der Waals surface area contributed by atoms with Crippen LogP contribution in [-0.2, 0) is 4.74 Å². The van der Waals surface area contributed by atoms with E-state index in [0.717, 1.165) is 44.4 Å². The summed E-state index contributed by atoms with van der Waals surface area (Å²) in [5.74, 6) is 0.832. The van der Waals surface area contributed by atoms with Crippen molar-refractivity contribution in [2.45, 2.75) is 57.6 Å². The van der Waals surface area contributed by atoms with Crippen molar-refractivity contribution in [1.82, 2.24) is 10.2 Å². The summed E-state index contributed by atoms with van der Waals surface area (Å²) in [5, 5.41) is 12.5. The largest absolute Gasteiger partial charge is 0.394 e. The maximum absolute atomic E-state index is 8.80. The zero-order chi connectivity index (χ0) is 14.2. The fraction of sp³-hybridized carbons (Fsp3) is 1.00. The van der Waals surface area contributed by atoms with E-state index in [2.05, 4.69) is 17.1 Å². The van der Waals surface area contributed by atoms with E-state index in [1.807, 2.05) is 0 Å². The number of hydrogen-bond donors (Lipinski definition) is 2. The molecule has 1 aliphatic heterocycles. The number of nitrogens with zero attached hydrogens (tertiary/aromatic N) is 1. The van der Waals surface area contributed by atoms with Gasteiger partial charge in [-0.05, 0) is 38.1 Å². The van der Waals surface area contributed by atoms with Gasteiger partial charge in [-0.15, -0.1) is 0 Å². The monoisotopic (exact) mass is 284 g/mol. The first-order valence-corrected chi connectivity index (χ1v) is 8.51. The Hall–Kier alpha value is -0.160. The van der Waals surface area contributed by atoms with Crippen LogP contribution in [0.1, 0.15) is 45.4 Å². The molecule has 1 saturated carbocycles. The SMILES string of the molecule is CCNC1CCCCC1CN1CCC(OCCO)CC1. The number of likely N-dealkylation sites (tertiary alicyclic amines) is 1. The number of aliphatic hydroxyl groups excluding tert-OH is 1. The summed E-state index contributed by atoms with van der Waals surface area (Å²) in [6.45, 7) is 7.53. The lowest BCUT2D eigenvalue weighted by molar-refractivity contribution is -0.0117. The first-order valence-electron chi connectivity index (χ1n) is 8.51. The van der Waals surface area contributed by atoms with Crippen molar-refractivity contribution >= 4 is 0 Å². The van der Waals surface area contributed by atoms with Gasteiger partial charge in [0.2, 0.25) is 0 Å². The van der Waals surface area contributed by atoms with Gasteiger partial charge in [0.15, 0.2) is 0 Å². The molecule has 2 fully saturated rings. The van der Waals surface area contributed by atoms with Gasteiger partial charge < -0.3 is 20.1 Å². The second-order valence-corrected chi connectivity index (χ2v) is 6.30. The number of rotatable bonds is 7. The third-order valence-corrected chi connectivity index (χ3v) is 4.85. The van der Waals surface area contributed by atoms with Crippen LogP contribution in [0, 0.1) is 5.92 Å². The molecule has 20 heavy (non-hydrogen) atoms. The van der Waals surface area contributed by atoms with Crippen molar-refractivity contribution in [3.63, 3.8) is 0 Å². The Labute approximate surface area is 123 Å². The lowest BCUT2D eigenvalue weighted by atomic mass is 9.83. The molecule has 2 atom stereocenters. The van der Waals surface area contributed by atoms with Crippen LogP contribution in [0.4, 0.5) is 0 Å². The summed E-state index contributed by atoms with van der Waals surface area (Å²) in [5.41, 5.74) is 0. The normalized spacial score (nSPS) is 29.7. The van der Waals surface area contributed by atoms with Crippen molar-refractivity contribution in [2.75, 3.05) is 39.4 Å². The van der Waals surface area contributed by atoms with Gasteiger partial charge in [0.05, 0.1) is 19.3 Å². The van der Waals surface area contributed by atoms with Gasteiger partial charge in [0, 0.05) is 25.7 Å². The van der Waals surface area contributed by atoms with Gasteiger partial charge in [-0.1, -0.05) is 19.8 Å². The average Bonchev–Trinajstić information content (AvgIpc) is 2.49. The second-order valence-electron chi connectivity index (χ2n) is 6.30. The van der Waals surface area contributed by atoms with E-state index in [0.29, 0.717) is 12.7 Å². The van der Waals surface area contributed by atoms with E-state index in [-0.39, 0.29) is 6.61 Å². The highest BCUT2D eigenvalue weighted by Gasteiger charge is 2.28. The zero-order valence-electron chi connectivity index (χ0n) is 13.0. The van der Waals surface area contributed by atoms with E-state index < -0.39 is 0 Å². The summed E-state index contributed by atoms with van der Waals surface area (Å²) >= 11 is 0. The predicted molar refractivity (Wildman–Crippen MR) is 81.9 cm³/mol. The molecule has 118 valence electrons. The van der Waals surface area contributed by atoms with Gasteiger partial charge in [-0.25, -0.2) is 0 Å². The number of nitrogens with one attached hydrogen (secondary N) is 1. The first kappa shape index (κ1) is 16.2. The lowest BCUT2D eigenvalue weighted by Gasteiger charge is -2.38. The molecule has 0 radical (unpaired) electrons. The van der Waals surface area contributed by atoms with Crippen LogP contribution >= 0.6 is 0 Å². The quantitative estimate of drug-likeness (QED) is 0.746. The van der Waals surface area contributed by atoms with Crippen molar-refractivity contribution in [3.05, 3.63) is 0 Å². The Balaban J connectivity index is 1.70. The minimum atomic E-state index is 0.145. The molecule has 2 rings (SSSR count). The highest BCUT2D eigenvalue weighted by Crippen LogP contribution is 2.26. The summed E-state index contributed by atoms with van der Waals surface area (Å²) in [7, 11) is 0. The van der Waals surface area contributed by atoms with Crippen LogP contribution in [0.2, 0.25) is 0 Å². The molecule has 2 unspecified atom stereocenters. The Morgan fingerprint density at radius 3 is 2.60 bits per heavy atom. The Morgan fingerprint density at radius 1 is 1.15 bits per heavy atom. The van der Waals surface area contributed by atoms with Gasteiger partial charge in [-0.3, -0.25) is 0 Å². The lowest BCUT2D eigenvalue weighted by Crippen LogP contribution is -2.46. The Bertz CT molecular complexity index is 253. The minimum absolute atomic E-state index is 0.145. The van der Waals surface area contributed by atoms with Crippen LogP contribution in [-0.4, -0.2) is 61.5 Å². The van der Waals surface area contributed by atoms with E-state index in [1.165, 1.54) is 32.2 Å². The molecule has 4 heteroatoms. The smallest absolute Gasteiger partial charge is 0.0701 e. The third kappa shape index (κ3) is 4.99. The fourth-order valence-corrected chi connectivity index (χ4v) is 3.77. The molecular weight excluding hydrogens is 252 g/mol. The molecule has 1 saturated heterocycles. The van der Waals surface area contributed by atoms with Crippen LogP contribution in [0.15, 0.2) is 0 Å². The molecule has 2 N–H and O–H groups in total. The van der Waals surface area contributed by atoms with Crippen molar-refractivity contribution in [1.29, 1.82) is 0 Å². The number of aliphatic hydroxyl groups is 1. The van der Waals surface area contributed by atoms with Gasteiger partial charge in [0.25, 0.3) is 0 Å². The molecule has 0 aromatic carbocycles. The van der Waals surface area contributed by atoms with Crippen LogP contribution in [0.3, 0.4) is 0 Å².